The largest absolute Gasteiger partial charge is 0.508 e. The molecule has 0 saturated heterocycles. The summed E-state index contributed by atoms with van der Waals surface area (Å²) < 4.78 is 2.19. The van der Waals surface area contributed by atoms with Crippen LogP contribution in [0.25, 0.3) is 11.0 Å². The van der Waals surface area contributed by atoms with E-state index >= 15 is 0 Å². The predicted molar refractivity (Wildman–Crippen MR) is 86.0 cm³/mol. The lowest BCUT2D eigenvalue weighted by Gasteiger charge is -2.13. The smallest absolute Gasteiger partial charge is 0.119 e. The molecular weight excluding hydrogens is 284 g/mol. The number of benzene rings is 2. The fraction of sp³-hybridized carbons (Fsp3) is 0.235. The molecule has 108 valence electrons. The normalized spacial score (nSPS) is 11.4. The van der Waals surface area contributed by atoms with Gasteiger partial charge in [-0.05, 0) is 38.1 Å². The molecule has 0 saturated carbocycles. The molecule has 0 radical (unpaired) electrons. The second-order valence-electron chi connectivity index (χ2n) is 5.43. The van der Waals surface area contributed by atoms with E-state index in [4.69, 9.17) is 16.6 Å². The highest BCUT2D eigenvalue weighted by atomic mass is 35.5. The van der Waals surface area contributed by atoms with Gasteiger partial charge < -0.3 is 9.67 Å². The van der Waals surface area contributed by atoms with E-state index < -0.39 is 0 Å². The van der Waals surface area contributed by atoms with E-state index in [1.807, 2.05) is 36.4 Å². The first kappa shape index (κ1) is 14.0. The Balaban J connectivity index is 2.13. The standard InChI is InChI=1S/C17H17ClN2O/c1-11(2)20-15-8-7-13(18)10-14(15)19-17(20)9-12-5-3-4-6-16(12)21/h3-8,10-11,21H,9H2,1-2H3. The Bertz CT molecular complexity index is 793. The van der Waals surface area contributed by atoms with Gasteiger partial charge in [-0.15, -0.1) is 0 Å². The molecule has 1 N–H and O–H groups in total. The molecule has 0 aliphatic rings. The lowest BCUT2D eigenvalue weighted by atomic mass is 10.1. The predicted octanol–water partition coefficient (Wildman–Crippen LogP) is 4.57. The van der Waals surface area contributed by atoms with Gasteiger partial charge in [0.15, 0.2) is 0 Å². The van der Waals surface area contributed by atoms with Gasteiger partial charge in [0.25, 0.3) is 0 Å². The molecule has 1 heterocycles. The monoisotopic (exact) mass is 300 g/mol. The number of rotatable bonds is 3. The maximum atomic E-state index is 9.96. The van der Waals surface area contributed by atoms with Gasteiger partial charge in [-0.2, -0.15) is 0 Å². The van der Waals surface area contributed by atoms with Crippen LogP contribution in [0.2, 0.25) is 5.02 Å². The maximum Gasteiger partial charge on any atom is 0.119 e. The number of imidazole rings is 1. The quantitative estimate of drug-likeness (QED) is 0.769. The number of hydrogen-bond acceptors (Lipinski definition) is 2. The van der Waals surface area contributed by atoms with Crippen LogP contribution in [0.1, 0.15) is 31.3 Å². The Morgan fingerprint density at radius 3 is 2.67 bits per heavy atom. The Morgan fingerprint density at radius 2 is 1.95 bits per heavy atom. The highest BCUT2D eigenvalue weighted by molar-refractivity contribution is 6.31. The van der Waals surface area contributed by atoms with Crippen molar-refractivity contribution in [1.82, 2.24) is 9.55 Å². The molecule has 0 amide bonds. The summed E-state index contributed by atoms with van der Waals surface area (Å²) in [6, 6.07) is 13.4. The van der Waals surface area contributed by atoms with Crippen LogP contribution in [0.3, 0.4) is 0 Å². The fourth-order valence-corrected chi connectivity index (χ4v) is 2.82. The topological polar surface area (TPSA) is 38.0 Å². The Hall–Kier alpha value is -2.00. The van der Waals surface area contributed by atoms with Gasteiger partial charge in [-0.25, -0.2) is 4.98 Å². The summed E-state index contributed by atoms with van der Waals surface area (Å²) >= 11 is 6.06. The van der Waals surface area contributed by atoms with Crippen molar-refractivity contribution in [3.63, 3.8) is 0 Å². The second-order valence-corrected chi connectivity index (χ2v) is 5.87. The van der Waals surface area contributed by atoms with Crippen molar-refractivity contribution in [2.45, 2.75) is 26.3 Å². The van der Waals surface area contributed by atoms with E-state index in [1.54, 1.807) is 6.07 Å². The molecule has 3 rings (SSSR count). The minimum absolute atomic E-state index is 0.289. The van der Waals surface area contributed by atoms with Crippen LogP contribution >= 0.6 is 11.6 Å². The number of phenolic OH excluding ortho intramolecular Hbond substituents is 1. The first-order chi connectivity index (χ1) is 10.1. The minimum Gasteiger partial charge on any atom is -0.508 e. The highest BCUT2D eigenvalue weighted by Crippen LogP contribution is 2.27. The van der Waals surface area contributed by atoms with Gasteiger partial charge in [-0.1, -0.05) is 29.8 Å². The summed E-state index contributed by atoms with van der Waals surface area (Å²) in [6.45, 7) is 4.26. The van der Waals surface area contributed by atoms with Gasteiger partial charge in [0.05, 0.1) is 11.0 Å². The molecular formula is C17H17ClN2O. The minimum atomic E-state index is 0.289. The molecule has 3 aromatic rings. The molecule has 2 aromatic carbocycles. The summed E-state index contributed by atoms with van der Waals surface area (Å²) in [5, 5.41) is 10.6. The van der Waals surface area contributed by atoms with Gasteiger partial charge in [0.2, 0.25) is 0 Å². The molecule has 3 nitrogen and oxygen atoms in total. The molecule has 0 spiro atoms. The van der Waals surface area contributed by atoms with Gasteiger partial charge >= 0.3 is 0 Å². The lowest BCUT2D eigenvalue weighted by Crippen LogP contribution is -2.07. The van der Waals surface area contributed by atoms with E-state index in [-0.39, 0.29) is 6.04 Å². The number of nitrogens with zero attached hydrogens (tertiary/aromatic N) is 2. The van der Waals surface area contributed by atoms with Crippen molar-refractivity contribution >= 4 is 22.6 Å². The van der Waals surface area contributed by atoms with E-state index in [2.05, 4.69) is 18.4 Å². The van der Waals surface area contributed by atoms with Crippen LogP contribution in [0, 0.1) is 0 Å². The molecule has 0 unspecified atom stereocenters. The third kappa shape index (κ3) is 2.61. The summed E-state index contributed by atoms with van der Waals surface area (Å²) in [4.78, 5) is 4.70. The van der Waals surface area contributed by atoms with Gasteiger partial charge in [0.1, 0.15) is 11.6 Å². The number of phenols is 1. The Morgan fingerprint density at radius 1 is 1.19 bits per heavy atom. The molecule has 0 atom stereocenters. The van der Waals surface area contributed by atoms with Crippen molar-refractivity contribution in [2.24, 2.45) is 0 Å². The first-order valence-corrected chi connectivity index (χ1v) is 7.37. The second kappa shape index (κ2) is 5.41. The summed E-state index contributed by atoms with van der Waals surface area (Å²) in [5.41, 5.74) is 2.84. The fourth-order valence-electron chi connectivity index (χ4n) is 2.65. The molecule has 1 aromatic heterocycles. The van der Waals surface area contributed by atoms with Crippen molar-refractivity contribution in [1.29, 1.82) is 0 Å². The average Bonchev–Trinajstić information content (AvgIpc) is 2.78. The van der Waals surface area contributed by atoms with Crippen LogP contribution in [-0.2, 0) is 6.42 Å². The van der Waals surface area contributed by atoms with E-state index in [0.717, 1.165) is 22.4 Å². The zero-order valence-corrected chi connectivity index (χ0v) is 12.8. The third-order valence-corrected chi connectivity index (χ3v) is 3.82. The van der Waals surface area contributed by atoms with E-state index in [0.29, 0.717) is 17.2 Å². The average molecular weight is 301 g/mol. The summed E-state index contributed by atoms with van der Waals surface area (Å²) in [6.07, 6.45) is 0.594. The number of halogens is 1. The van der Waals surface area contributed by atoms with Crippen molar-refractivity contribution < 1.29 is 5.11 Å². The van der Waals surface area contributed by atoms with Crippen LogP contribution < -0.4 is 0 Å². The van der Waals surface area contributed by atoms with E-state index in [9.17, 15) is 5.11 Å². The number of para-hydroxylation sites is 1. The van der Waals surface area contributed by atoms with Gasteiger partial charge in [0, 0.05) is 23.0 Å². The maximum absolute atomic E-state index is 9.96. The summed E-state index contributed by atoms with van der Waals surface area (Å²) in [7, 11) is 0. The SMILES string of the molecule is CC(C)n1c(Cc2ccccc2O)nc2cc(Cl)ccc21. The summed E-state index contributed by atoms with van der Waals surface area (Å²) in [5.74, 6) is 1.24. The molecule has 0 fully saturated rings. The van der Waals surface area contributed by atoms with Crippen LogP contribution in [0.5, 0.6) is 5.75 Å². The van der Waals surface area contributed by atoms with Crippen LogP contribution in [0.15, 0.2) is 42.5 Å². The first-order valence-electron chi connectivity index (χ1n) is 6.99. The highest BCUT2D eigenvalue weighted by Gasteiger charge is 2.15. The zero-order chi connectivity index (χ0) is 15.0. The third-order valence-electron chi connectivity index (χ3n) is 3.58. The Kier molecular flexibility index (Phi) is 3.60. The number of fused-ring (bicyclic) bond motifs is 1. The van der Waals surface area contributed by atoms with Gasteiger partial charge in [-0.3, -0.25) is 0 Å². The molecule has 4 heteroatoms. The lowest BCUT2D eigenvalue weighted by molar-refractivity contribution is 0.468. The number of aromatic hydroxyl groups is 1. The number of aromatic nitrogens is 2. The Labute approximate surface area is 128 Å². The molecule has 0 bridgehead atoms. The molecule has 0 aliphatic heterocycles. The zero-order valence-electron chi connectivity index (χ0n) is 12.0. The number of hydrogen-bond donors (Lipinski definition) is 1. The van der Waals surface area contributed by atoms with Crippen LogP contribution in [0.4, 0.5) is 0 Å². The van der Waals surface area contributed by atoms with E-state index in [1.165, 1.54) is 0 Å². The molecule has 21 heavy (non-hydrogen) atoms. The molecule has 0 aliphatic carbocycles. The van der Waals surface area contributed by atoms with Crippen molar-refractivity contribution in [2.75, 3.05) is 0 Å². The van der Waals surface area contributed by atoms with Crippen molar-refractivity contribution in [3.05, 3.63) is 58.9 Å². The van der Waals surface area contributed by atoms with Crippen molar-refractivity contribution in [3.8, 4) is 5.75 Å². The van der Waals surface area contributed by atoms with Crippen LogP contribution in [-0.4, -0.2) is 14.7 Å².